The lowest BCUT2D eigenvalue weighted by Gasteiger charge is -2.16. The van der Waals surface area contributed by atoms with Gasteiger partial charge in [-0.25, -0.2) is 4.98 Å². The molecule has 8 nitrogen and oxygen atoms in total. The van der Waals surface area contributed by atoms with Crippen LogP contribution in [0.1, 0.15) is 90.0 Å². The number of nitrogens with two attached hydrogens (primary N) is 1. The highest BCUT2D eigenvalue weighted by molar-refractivity contribution is 6.06. The Morgan fingerprint density at radius 1 is 1.00 bits per heavy atom. The number of nitrogen functional groups attached to an aromatic ring is 1. The number of anilines is 1. The molecule has 248 valence electrons. The van der Waals surface area contributed by atoms with Crippen molar-refractivity contribution >= 4 is 23.5 Å². The summed E-state index contributed by atoms with van der Waals surface area (Å²) in [6.45, 7) is 8.20. The average Bonchev–Trinajstić information content (AvgIpc) is 3.00. The third-order valence-corrected chi connectivity index (χ3v) is 8.36. The molecule has 1 aromatic heterocycles. The molecule has 8 heteroatoms. The van der Waals surface area contributed by atoms with Crippen molar-refractivity contribution in [1.82, 2.24) is 15.6 Å². The Bertz CT molecular complexity index is 1520. The van der Waals surface area contributed by atoms with E-state index in [0.717, 1.165) is 61.0 Å². The zero-order valence-corrected chi connectivity index (χ0v) is 28.5. The number of aromatic hydroxyl groups is 1. The predicted molar refractivity (Wildman–Crippen MR) is 187 cm³/mol. The van der Waals surface area contributed by atoms with Crippen LogP contribution in [0, 0.1) is 19.8 Å². The Balaban J connectivity index is 1.73. The molecule has 3 aromatic rings. The molecule has 0 unspecified atom stereocenters. The van der Waals surface area contributed by atoms with E-state index in [2.05, 4.69) is 54.6 Å². The smallest absolute Gasteiger partial charge is 0.163 e. The zero-order valence-electron chi connectivity index (χ0n) is 28.5. The maximum Gasteiger partial charge on any atom is 0.163 e. The number of aryl methyl sites for hydroxylation is 2. The van der Waals surface area contributed by atoms with Gasteiger partial charge in [-0.3, -0.25) is 9.59 Å². The number of phenolic OH excluding ortho intramolecular Hbond substituents is 1. The second-order valence-electron chi connectivity index (χ2n) is 12.5. The van der Waals surface area contributed by atoms with Crippen molar-refractivity contribution in [2.75, 3.05) is 33.5 Å². The minimum Gasteiger partial charge on any atom is -0.504 e. The molecule has 0 amide bonds. The minimum absolute atomic E-state index is 0.00655. The van der Waals surface area contributed by atoms with E-state index in [0.29, 0.717) is 36.7 Å². The van der Waals surface area contributed by atoms with Crippen LogP contribution < -0.4 is 21.1 Å². The van der Waals surface area contributed by atoms with E-state index in [9.17, 15) is 14.7 Å². The summed E-state index contributed by atoms with van der Waals surface area (Å²) in [6.07, 6.45) is 10.3. The number of ketones is 2. The SMILES string of the molecule is CNCc1c(C)cc(C)cc1Cc1cc(Cc2cc(O)c(OC)cc2/C=C/C(=O)CC(=O)CCCCC[C@@H](C)CNC)cnc1N. The number of aromatic nitrogens is 1. The number of carbonyl (C=O) groups is 2. The number of hydrogen-bond donors (Lipinski definition) is 4. The highest BCUT2D eigenvalue weighted by Crippen LogP contribution is 2.32. The summed E-state index contributed by atoms with van der Waals surface area (Å²) in [7, 11) is 5.39. The van der Waals surface area contributed by atoms with Gasteiger partial charge in [0.2, 0.25) is 0 Å². The standard InChI is InChI=1S/C38H52N4O4/c1-25(22-40-4)10-8-7-9-11-33(43)21-34(44)13-12-29-20-37(46-6)36(45)19-30(29)16-28-17-32(38(39)42-23-28)18-31-15-26(2)14-27(3)35(31)24-41-5/h12-15,17,19-20,23,25,40-41,45H,7-11,16,18,21-22,24H2,1-6H3,(H2,39,42)/b13-12+/t25-/m1/s1. The number of hydrogen-bond acceptors (Lipinski definition) is 8. The van der Waals surface area contributed by atoms with Gasteiger partial charge in [-0.15, -0.1) is 0 Å². The van der Waals surface area contributed by atoms with Gasteiger partial charge in [0.05, 0.1) is 13.5 Å². The molecule has 0 aliphatic rings. The molecule has 1 heterocycles. The summed E-state index contributed by atoms with van der Waals surface area (Å²) >= 11 is 0. The summed E-state index contributed by atoms with van der Waals surface area (Å²) in [5.74, 6) is 1.13. The van der Waals surface area contributed by atoms with Crippen LogP contribution in [0.5, 0.6) is 11.5 Å². The normalized spacial score (nSPS) is 12.0. The van der Waals surface area contributed by atoms with Crippen molar-refractivity contribution in [2.24, 2.45) is 5.92 Å². The first-order chi connectivity index (χ1) is 22.0. The first kappa shape index (κ1) is 36.5. The van der Waals surface area contributed by atoms with Gasteiger partial charge in [0.15, 0.2) is 17.3 Å². The maximum atomic E-state index is 12.7. The van der Waals surface area contributed by atoms with Gasteiger partial charge in [-0.05, 0) is 123 Å². The highest BCUT2D eigenvalue weighted by atomic mass is 16.5. The summed E-state index contributed by atoms with van der Waals surface area (Å²) in [5.41, 5.74) is 14.6. The Labute approximate surface area is 274 Å². The number of nitrogens with one attached hydrogen (secondary N) is 2. The van der Waals surface area contributed by atoms with Crippen molar-refractivity contribution in [1.29, 1.82) is 0 Å². The van der Waals surface area contributed by atoms with Crippen LogP contribution in [-0.2, 0) is 29.0 Å². The topological polar surface area (TPSA) is 127 Å². The van der Waals surface area contributed by atoms with Crippen LogP contribution in [0.25, 0.3) is 6.08 Å². The van der Waals surface area contributed by atoms with E-state index >= 15 is 0 Å². The quantitative estimate of drug-likeness (QED) is 0.0698. The largest absolute Gasteiger partial charge is 0.504 e. The number of Topliss-reactive ketones (excluding diaryl/α,β-unsaturated/α-hetero) is 1. The molecule has 0 spiro atoms. The fourth-order valence-electron chi connectivity index (χ4n) is 5.97. The van der Waals surface area contributed by atoms with Crippen molar-refractivity contribution in [3.63, 3.8) is 0 Å². The van der Waals surface area contributed by atoms with E-state index in [4.69, 9.17) is 10.5 Å². The number of methoxy groups -OCH3 is 1. The second kappa shape index (κ2) is 18.2. The van der Waals surface area contributed by atoms with E-state index < -0.39 is 0 Å². The van der Waals surface area contributed by atoms with Gasteiger partial charge in [-0.1, -0.05) is 43.5 Å². The molecule has 0 saturated carbocycles. The molecular weight excluding hydrogens is 576 g/mol. The van der Waals surface area contributed by atoms with Gasteiger partial charge in [0.1, 0.15) is 11.6 Å². The van der Waals surface area contributed by atoms with Crippen LogP contribution in [0.15, 0.2) is 42.6 Å². The second-order valence-corrected chi connectivity index (χ2v) is 12.5. The number of phenols is 1. The van der Waals surface area contributed by atoms with Crippen LogP contribution in [0.3, 0.4) is 0 Å². The first-order valence-electron chi connectivity index (χ1n) is 16.3. The van der Waals surface area contributed by atoms with E-state index in [1.165, 1.54) is 35.4 Å². The van der Waals surface area contributed by atoms with E-state index in [-0.39, 0.29) is 23.7 Å². The van der Waals surface area contributed by atoms with Gasteiger partial charge in [-0.2, -0.15) is 0 Å². The van der Waals surface area contributed by atoms with Crippen molar-refractivity contribution < 1.29 is 19.4 Å². The molecule has 0 bridgehead atoms. The van der Waals surface area contributed by atoms with Gasteiger partial charge in [0.25, 0.3) is 0 Å². The molecule has 46 heavy (non-hydrogen) atoms. The third-order valence-electron chi connectivity index (χ3n) is 8.36. The third kappa shape index (κ3) is 11.1. The number of nitrogens with zero attached hydrogens (tertiary/aromatic N) is 1. The maximum absolute atomic E-state index is 12.7. The number of unbranched alkanes of at least 4 members (excludes halogenated alkanes) is 2. The average molecular weight is 629 g/mol. The summed E-state index contributed by atoms with van der Waals surface area (Å²) in [6, 6.07) is 9.80. The molecule has 5 N–H and O–H groups in total. The molecule has 3 rings (SSSR count). The number of ether oxygens (including phenoxy) is 1. The molecule has 2 aromatic carbocycles. The molecular formula is C38H52N4O4. The van der Waals surface area contributed by atoms with Gasteiger partial charge < -0.3 is 26.2 Å². The van der Waals surface area contributed by atoms with Gasteiger partial charge in [0, 0.05) is 25.6 Å². The number of rotatable bonds is 19. The number of carbonyl (C=O) groups excluding carboxylic acids is 2. The number of pyridine rings is 1. The fraction of sp³-hybridized carbons (Fsp3) is 0.447. The molecule has 0 fully saturated rings. The Hall–Kier alpha value is -4.01. The Kier molecular flexibility index (Phi) is 14.4. The van der Waals surface area contributed by atoms with Crippen LogP contribution in [-0.4, -0.2) is 49.4 Å². The Morgan fingerprint density at radius 3 is 2.50 bits per heavy atom. The monoisotopic (exact) mass is 628 g/mol. The van der Waals surface area contributed by atoms with Crippen LogP contribution in [0.2, 0.25) is 0 Å². The van der Waals surface area contributed by atoms with E-state index in [1.54, 1.807) is 24.4 Å². The predicted octanol–water partition coefficient (Wildman–Crippen LogP) is 6.24. The van der Waals surface area contributed by atoms with Crippen molar-refractivity contribution in [3.05, 3.63) is 87.1 Å². The number of allylic oxidation sites excluding steroid dienone is 1. The molecule has 1 atom stereocenters. The van der Waals surface area contributed by atoms with Crippen LogP contribution in [0.4, 0.5) is 5.82 Å². The lowest BCUT2D eigenvalue weighted by atomic mass is 9.93. The fourth-order valence-corrected chi connectivity index (χ4v) is 5.97. The summed E-state index contributed by atoms with van der Waals surface area (Å²) in [4.78, 5) is 29.7. The number of benzene rings is 2. The molecule has 0 saturated heterocycles. The summed E-state index contributed by atoms with van der Waals surface area (Å²) in [5, 5.41) is 17.0. The molecule has 0 radical (unpaired) electrons. The van der Waals surface area contributed by atoms with Gasteiger partial charge >= 0.3 is 0 Å². The zero-order chi connectivity index (χ0) is 33.6. The van der Waals surface area contributed by atoms with Crippen LogP contribution >= 0.6 is 0 Å². The van der Waals surface area contributed by atoms with Crippen molar-refractivity contribution in [3.8, 4) is 11.5 Å². The van der Waals surface area contributed by atoms with Crippen molar-refractivity contribution in [2.45, 2.75) is 78.7 Å². The molecule has 0 aliphatic carbocycles. The Morgan fingerprint density at radius 2 is 1.78 bits per heavy atom. The lowest BCUT2D eigenvalue weighted by molar-refractivity contribution is -0.124. The lowest BCUT2D eigenvalue weighted by Crippen LogP contribution is -2.15. The van der Waals surface area contributed by atoms with E-state index in [1.807, 2.05) is 14.1 Å². The molecule has 0 aliphatic heterocycles. The first-order valence-corrected chi connectivity index (χ1v) is 16.3. The highest BCUT2D eigenvalue weighted by Gasteiger charge is 2.14. The minimum atomic E-state index is -0.243. The summed E-state index contributed by atoms with van der Waals surface area (Å²) < 4.78 is 5.35.